The summed E-state index contributed by atoms with van der Waals surface area (Å²) in [6.45, 7) is 30.7. The van der Waals surface area contributed by atoms with Crippen LogP contribution in [0.15, 0.2) is 18.3 Å². The summed E-state index contributed by atoms with van der Waals surface area (Å²) in [7, 11) is 0. The van der Waals surface area contributed by atoms with E-state index in [0.29, 0.717) is 35.5 Å². The Kier molecular flexibility index (Phi) is 13.5. The zero-order chi connectivity index (χ0) is 27.7. The maximum atomic E-state index is 4.55. The molecule has 0 N–H and O–H groups in total. The zero-order valence-electron chi connectivity index (χ0n) is 25.4. The van der Waals surface area contributed by atoms with E-state index in [0.717, 1.165) is 0 Å². The number of aromatic nitrogens is 3. The maximum Gasteiger partial charge on any atom is 0.0900 e. The third kappa shape index (κ3) is 9.70. The van der Waals surface area contributed by atoms with E-state index in [2.05, 4.69) is 118 Å². The third-order valence-corrected chi connectivity index (χ3v) is 8.33. The normalized spacial score (nSPS) is 11.4. The van der Waals surface area contributed by atoms with Crippen molar-refractivity contribution in [2.24, 2.45) is 0 Å². The Labute approximate surface area is 230 Å². The van der Waals surface area contributed by atoms with Gasteiger partial charge in [-0.15, -0.1) is 22.7 Å². The first-order valence-corrected chi connectivity index (χ1v) is 15.2. The highest BCUT2D eigenvalue weighted by atomic mass is 32.1. The molecule has 0 aromatic carbocycles. The Morgan fingerprint density at radius 3 is 1.17 bits per heavy atom. The fraction of sp³-hybridized carbons (Fsp3) is 0.645. The van der Waals surface area contributed by atoms with Gasteiger partial charge in [-0.2, -0.15) is 0 Å². The van der Waals surface area contributed by atoms with E-state index in [4.69, 9.17) is 0 Å². The van der Waals surface area contributed by atoms with Crippen LogP contribution >= 0.6 is 22.7 Å². The zero-order valence-corrected chi connectivity index (χ0v) is 27.0. The fourth-order valence-corrected chi connectivity index (χ4v) is 6.14. The summed E-state index contributed by atoms with van der Waals surface area (Å²) >= 11 is 3.68. The summed E-state index contributed by atoms with van der Waals surface area (Å²) in [5.41, 5.74) is 5.22. The molecule has 36 heavy (non-hydrogen) atoms. The second-order valence-corrected chi connectivity index (χ2v) is 13.8. The Morgan fingerprint density at radius 2 is 0.917 bits per heavy atom. The molecule has 0 saturated heterocycles. The second kappa shape index (κ2) is 15.0. The van der Waals surface area contributed by atoms with E-state index in [9.17, 15) is 0 Å². The van der Waals surface area contributed by atoms with Gasteiger partial charge in [-0.1, -0.05) is 89.2 Å². The molecule has 0 aliphatic carbocycles. The first-order chi connectivity index (χ1) is 16.7. The second-order valence-electron chi connectivity index (χ2n) is 11.4. The lowest BCUT2D eigenvalue weighted by molar-refractivity contribution is 0.757. The van der Waals surface area contributed by atoms with Crippen LogP contribution in [-0.2, 0) is 0 Å². The van der Waals surface area contributed by atoms with Gasteiger partial charge in [0.05, 0.1) is 21.4 Å². The minimum Gasteiger partial charge on any atom is -0.261 e. The number of hydrogen-bond acceptors (Lipinski definition) is 5. The number of hydrogen-bond donors (Lipinski definition) is 0. The molecule has 3 aromatic heterocycles. The van der Waals surface area contributed by atoms with Crippen molar-refractivity contribution in [1.29, 1.82) is 0 Å². The van der Waals surface area contributed by atoms with Crippen molar-refractivity contribution in [3.8, 4) is 0 Å². The first kappa shape index (κ1) is 32.4. The molecular formula is C31H51N3S2. The lowest BCUT2D eigenvalue weighted by Gasteiger charge is -2.13. The summed E-state index contributed by atoms with van der Waals surface area (Å²) < 4.78 is 0. The molecule has 3 nitrogen and oxygen atoms in total. The van der Waals surface area contributed by atoms with Crippen molar-refractivity contribution >= 4 is 22.7 Å². The highest BCUT2D eigenvalue weighted by molar-refractivity contribution is 7.12. The lowest BCUT2D eigenvalue weighted by Crippen LogP contribution is -2.00. The van der Waals surface area contributed by atoms with Crippen LogP contribution < -0.4 is 0 Å². The number of pyridine rings is 1. The first-order valence-electron chi connectivity index (χ1n) is 13.6. The summed E-state index contributed by atoms with van der Waals surface area (Å²) in [6.07, 6.45) is 1.88. The number of nitrogens with zero attached hydrogens (tertiary/aromatic N) is 3. The van der Waals surface area contributed by atoms with Crippen LogP contribution in [0.5, 0.6) is 0 Å². The standard InChI is InChI=1S/C11H17N.2C10H17NS/c1-8(2)10-6-5-7-12-11(10)9(3)4;2*1-6(2)9-10(7(3)4)12-8(5)11-9/h5-9H,1-4H3;2*6-7H,1-5H3. The summed E-state index contributed by atoms with van der Waals surface area (Å²) in [6, 6.07) is 4.19. The Bertz CT molecular complexity index is 906. The summed E-state index contributed by atoms with van der Waals surface area (Å²) in [4.78, 5) is 16.4. The largest absolute Gasteiger partial charge is 0.261 e. The van der Waals surface area contributed by atoms with E-state index in [1.54, 1.807) is 0 Å². The van der Waals surface area contributed by atoms with Crippen LogP contribution in [0.2, 0.25) is 0 Å². The van der Waals surface area contributed by atoms with Gasteiger partial charge < -0.3 is 0 Å². The molecule has 0 spiro atoms. The monoisotopic (exact) mass is 529 g/mol. The molecule has 0 atom stereocenters. The Balaban J connectivity index is 0.000000270. The topological polar surface area (TPSA) is 38.7 Å². The number of thiazole rings is 2. The van der Waals surface area contributed by atoms with Gasteiger partial charge >= 0.3 is 0 Å². The van der Waals surface area contributed by atoms with Gasteiger partial charge in [0.25, 0.3) is 0 Å². The average Bonchev–Trinajstić information content (AvgIpc) is 3.38. The Hall–Kier alpha value is -1.59. The minimum absolute atomic E-state index is 0.531. The van der Waals surface area contributed by atoms with E-state index in [-0.39, 0.29) is 0 Å². The molecule has 0 saturated carbocycles. The van der Waals surface area contributed by atoms with E-state index < -0.39 is 0 Å². The van der Waals surface area contributed by atoms with Crippen LogP contribution in [0.3, 0.4) is 0 Å². The molecule has 0 radical (unpaired) electrons. The molecule has 3 heterocycles. The minimum atomic E-state index is 0.531. The highest BCUT2D eigenvalue weighted by Crippen LogP contribution is 2.31. The molecule has 3 rings (SSSR count). The van der Waals surface area contributed by atoms with Gasteiger partial charge in [0.2, 0.25) is 0 Å². The highest BCUT2D eigenvalue weighted by Gasteiger charge is 2.15. The van der Waals surface area contributed by atoms with Gasteiger partial charge in [-0.05, 0) is 61.0 Å². The Morgan fingerprint density at radius 1 is 0.528 bits per heavy atom. The average molecular weight is 530 g/mol. The van der Waals surface area contributed by atoms with Crippen molar-refractivity contribution in [1.82, 2.24) is 15.0 Å². The number of aryl methyl sites for hydroxylation is 2. The van der Waals surface area contributed by atoms with Crippen molar-refractivity contribution in [3.63, 3.8) is 0 Å². The van der Waals surface area contributed by atoms with Crippen LogP contribution in [0.25, 0.3) is 0 Å². The van der Waals surface area contributed by atoms with Gasteiger partial charge in [0.15, 0.2) is 0 Å². The molecule has 0 bridgehead atoms. The molecule has 202 valence electrons. The molecule has 3 aromatic rings. The third-order valence-electron chi connectivity index (χ3n) is 5.76. The molecule has 0 aliphatic heterocycles. The molecule has 0 fully saturated rings. The molecule has 0 amide bonds. The number of rotatable bonds is 6. The van der Waals surface area contributed by atoms with Crippen molar-refractivity contribution < 1.29 is 0 Å². The van der Waals surface area contributed by atoms with Crippen molar-refractivity contribution in [3.05, 3.63) is 60.7 Å². The lowest BCUT2D eigenvalue weighted by atomic mass is 9.96. The quantitative estimate of drug-likeness (QED) is 0.319. The van der Waals surface area contributed by atoms with Crippen LogP contribution in [0, 0.1) is 13.8 Å². The van der Waals surface area contributed by atoms with Crippen molar-refractivity contribution in [2.75, 3.05) is 0 Å². The van der Waals surface area contributed by atoms with E-state index in [1.165, 1.54) is 42.4 Å². The van der Waals surface area contributed by atoms with E-state index >= 15 is 0 Å². The van der Waals surface area contributed by atoms with Crippen molar-refractivity contribution in [2.45, 2.75) is 132 Å². The van der Waals surface area contributed by atoms with Gasteiger partial charge in [-0.25, -0.2) is 9.97 Å². The molecule has 0 aliphatic rings. The fourth-order valence-electron chi connectivity index (χ4n) is 3.97. The maximum absolute atomic E-state index is 4.55. The van der Waals surface area contributed by atoms with Gasteiger partial charge in [0, 0.05) is 21.6 Å². The summed E-state index contributed by atoms with van der Waals surface area (Å²) in [5, 5.41) is 2.39. The molecule has 0 unspecified atom stereocenters. The van der Waals surface area contributed by atoms with Gasteiger partial charge in [0.1, 0.15) is 0 Å². The van der Waals surface area contributed by atoms with Crippen LogP contribution in [-0.4, -0.2) is 15.0 Å². The van der Waals surface area contributed by atoms with Gasteiger partial charge in [-0.3, -0.25) is 4.98 Å². The van der Waals surface area contributed by atoms with Crippen LogP contribution in [0.4, 0.5) is 0 Å². The SMILES string of the molecule is CC(C)c1cccnc1C(C)C.Cc1nc(C(C)C)c(C(C)C)s1.Cc1nc(C(C)C)c(C(C)C)s1. The predicted molar refractivity (Wildman–Crippen MR) is 162 cm³/mol. The summed E-state index contributed by atoms with van der Waals surface area (Å²) in [5.74, 6) is 3.47. The molecular weight excluding hydrogens is 478 g/mol. The van der Waals surface area contributed by atoms with E-state index in [1.807, 2.05) is 34.9 Å². The smallest absolute Gasteiger partial charge is 0.0900 e. The van der Waals surface area contributed by atoms with Crippen LogP contribution in [0.1, 0.15) is 161 Å². The molecule has 5 heteroatoms. The predicted octanol–water partition coefficient (Wildman–Crippen LogP) is 10.7.